The minimum atomic E-state index is -0.974. The monoisotopic (exact) mass is 387 g/mol. The number of benzene rings is 2. The van der Waals surface area contributed by atoms with Gasteiger partial charge in [-0.3, -0.25) is 4.79 Å². The van der Waals surface area contributed by atoms with E-state index in [1.807, 2.05) is 6.92 Å². The summed E-state index contributed by atoms with van der Waals surface area (Å²) in [6.45, 7) is 4.37. The molecule has 1 N–H and O–H groups in total. The van der Waals surface area contributed by atoms with Crippen molar-refractivity contribution in [3.63, 3.8) is 0 Å². The molecule has 1 aliphatic heterocycles. The van der Waals surface area contributed by atoms with Gasteiger partial charge in [0, 0.05) is 12.0 Å². The second-order valence-electron chi connectivity index (χ2n) is 7.80. The average Bonchev–Trinajstić information content (AvgIpc) is 2.69. The zero-order chi connectivity index (χ0) is 20.1. The van der Waals surface area contributed by atoms with Crippen molar-refractivity contribution in [3.8, 4) is 0 Å². The minimum Gasteiger partial charge on any atom is -0.385 e. The molecule has 28 heavy (non-hydrogen) atoms. The standard InChI is InChI=1S/C23H27F2NO2/c1-23(28,18-6-10-21(25)11-7-18)19-12-15-26(16-13-19)14-2-3-22(27)17-4-8-20(24)9-5-17/h4-11,19,28H,2-3,12-16H2,1H3. The summed E-state index contributed by atoms with van der Waals surface area (Å²) in [7, 11) is 0. The first-order valence-corrected chi connectivity index (χ1v) is 9.86. The number of carbonyl (C=O) groups is 1. The Morgan fingerprint density at radius 2 is 1.57 bits per heavy atom. The van der Waals surface area contributed by atoms with Gasteiger partial charge >= 0.3 is 0 Å². The second kappa shape index (κ2) is 8.93. The molecule has 5 heteroatoms. The van der Waals surface area contributed by atoms with Crippen LogP contribution in [-0.4, -0.2) is 35.4 Å². The van der Waals surface area contributed by atoms with E-state index in [0.29, 0.717) is 12.0 Å². The van der Waals surface area contributed by atoms with Gasteiger partial charge in [0.1, 0.15) is 11.6 Å². The summed E-state index contributed by atoms with van der Waals surface area (Å²) in [5.74, 6) is -0.482. The van der Waals surface area contributed by atoms with Gasteiger partial charge in [-0.15, -0.1) is 0 Å². The lowest BCUT2D eigenvalue weighted by Gasteiger charge is -2.40. The molecular weight excluding hydrogens is 360 g/mol. The number of hydrogen-bond donors (Lipinski definition) is 1. The minimum absolute atomic E-state index is 0.0362. The van der Waals surface area contributed by atoms with Gasteiger partial charge in [-0.1, -0.05) is 12.1 Å². The van der Waals surface area contributed by atoms with Crippen LogP contribution in [0.2, 0.25) is 0 Å². The second-order valence-corrected chi connectivity index (χ2v) is 7.80. The normalized spacial score (nSPS) is 18.0. The Bertz CT molecular complexity index is 779. The third-order valence-corrected chi connectivity index (χ3v) is 5.86. The first kappa shape index (κ1) is 20.6. The summed E-state index contributed by atoms with van der Waals surface area (Å²) in [4.78, 5) is 14.5. The molecule has 0 aromatic heterocycles. The van der Waals surface area contributed by atoms with Crippen molar-refractivity contribution in [2.45, 2.75) is 38.2 Å². The maximum absolute atomic E-state index is 13.1. The number of ketones is 1. The van der Waals surface area contributed by atoms with Crippen LogP contribution >= 0.6 is 0 Å². The molecule has 2 aromatic carbocycles. The Hall–Kier alpha value is -2.11. The van der Waals surface area contributed by atoms with Gasteiger partial charge in [-0.2, -0.15) is 0 Å². The molecule has 1 unspecified atom stereocenters. The van der Waals surface area contributed by atoms with Gasteiger partial charge in [0.15, 0.2) is 5.78 Å². The van der Waals surface area contributed by atoms with E-state index in [2.05, 4.69) is 4.90 Å². The lowest BCUT2D eigenvalue weighted by Crippen LogP contribution is -2.42. The molecule has 1 aliphatic rings. The number of nitrogens with zero attached hydrogens (tertiary/aromatic N) is 1. The van der Waals surface area contributed by atoms with Crippen molar-refractivity contribution in [3.05, 3.63) is 71.3 Å². The van der Waals surface area contributed by atoms with Gasteiger partial charge < -0.3 is 10.0 Å². The van der Waals surface area contributed by atoms with Crippen molar-refractivity contribution in [2.24, 2.45) is 5.92 Å². The first-order valence-electron chi connectivity index (χ1n) is 9.86. The maximum atomic E-state index is 13.1. The number of hydrogen-bond acceptors (Lipinski definition) is 3. The zero-order valence-electron chi connectivity index (χ0n) is 16.2. The maximum Gasteiger partial charge on any atom is 0.162 e. The number of rotatable bonds is 7. The molecule has 0 spiro atoms. The summed E-state index contributed by atoms with van der Waals surface area (Å²) in [6, 6.07) is 11.8. The summed E-state index contributed by atoms with van der Waals surface area (Å²) in [5, 5.41) is 11.0. The number of aliphatic hydroxyl groups is 1. The van der Waals surface area contributed by atoms with Gasteiger partial charge in [0.25, 0.3) is 0 Å². The fourth-order valence-electron chi connectivity index (χ4n) is 3.99. The molecule has 1 heterocycles. The first-order chi connectivity index (χ1) is 13.4. The van der Waals surface area contributed by atoms with Crippen LogP contribution in [0.5, 0.6) is 0 Å². The number of likely N-dealkylation sites (tertiary alicyclic amines) is 1. The highest BCUT2D eigenvalue weighted by Gasteiger charge is 2.35. The highest BCUT2D eigenvalue weighted by Crippen LogP contribution is 2.36. The Morgan fingerprint density at radius 3 is 2.14 bits per heavy atom. The van der Waals surface area contributed by atoms with Crippen LogP contribution in [0, 0.1) is 17.6 Å². The van der Waals surface area contributed by atoms with E-state index in [4.69, 9.17) is 0 Å². The molecule has 1 saturated heterocycles. The lowest BCUT2D eigenvalue weighted by atomic mass is 9.77. The van der Waals surface area contributed by atoms with E-state index >= 15 is 0 Å². The van der Waals surface area contributed by atoms with Crippen LogP contribution in [0.1, 0.15) is 48.5 Å². The van der Waals surface area contributed by atoms with Crippen LogP contribution in [0.4, 0.5) is 8.78 Å². The average molecular weight is 387 g/mol. The molecule has 0 bridgehead atoms. The molecule has 3 rings (SSSR count). The predicted octanol–water partition coefficient (Wildman–Crippen LogP) is 4.55. The Balaban J connectivity index is 1.44. The number of Topliss-reactive ketones (excluding diaryl/α,β-unsaturated/α-hetero) is 1. The topological polar surface area (TPSA) is 40.5 Å². The largest absolute Gasteiger partial charge is 0.385 e. The number of halogens is 2. The van der Waals surface area contributed by atoms with Crippen LogP contribution in [0.3, 0.4) is 0 Å². The SMILES string of the molecule is CC(O)(c1ccc(F)cc1)C1CCN(CCCC(=O)c2ccc(F)cc2)CC1. The summed E-state index contributed by atoms with van der Waals surface area (Å²) in [5.41, 5.74) is 0.325. The van der Waals surface area contributed by atoms with Gasteiger partial charge in [0.2, 0.25) is 0 Å². The highest BCUT2D eigenvalue weighted by molar-refractivity contribution is 5.95. The van der Waals surface area contributed by atoms with Crippen LogP contribution in [0.25, 0.3) is 0 Å². The predicted molar refractivity (Wildman–Crippen MR) is 105 cm³/mol. The molecule has 0 radical (unpaired) electrons. The van der Waals surface area contributed by atoms with E-state index in [9.17, 15) is 18.7 Å². The molecule has 0 saturated carbocycles. The Morgan fingerprint density at radius 1 is 1.04 bits per heavy atom. The van der Waals surface area contributed by atoms with Crippen molar-refractivity contribution in [1.29, 1.82) is 0 Å². The van der Waals surface area contributed by atoms with Crippen molar-refractivity contribution in [1.82, 2.24) is 4.90 Å². The zero-order valence-corrected chi connectivity index (χ0v) is 16.2. The number of piperidine rings is 1. The van der Waals surface area contributed by atoms with Crippen LogP contribution in [0.15, 0.2) is 48.5 Å². The van der Waals surface area contributed by atoms with Gasteiger partial charge in [-0.25, -0.2) is 8.78 Å². The summed E-state index contributed by atoms with van der Waals surface area (Å²) >= 11 is 0. The molecule has 150 valence electrons. The molecule has 3 nitrogen and oxygen atoms in total. The van der Waals surface area contributed by atoms with E-state index in [-0.39, 0.29) is 23.3 Å². The van der Waals surface area contributed by atoms with E-state index < -0.39 is 5.60 Å². The Labute approximate surface area is 165 Å². The van der Waals surface area contributed by atoms with Gasteiger partial charge in [-0.05, 0) is 93.7 Å². The fraction of sp³-hybridized carbons (Fsp3) is 0.435. The van der Waals surface area contributed by atoms with Gasteiger partial charge in [0.05, 0.1) is 5.60 Å². The van der Waals surface area contributed by atoms with Crippen LogP contribution < -0.4 is 0 Å². The smallest absolute Gasteiger partial charge is 0.162 e. The third kappa shape index (κ3) is 5.03. The van der Waals surface area contributed by atoms with E-state index in [0.717, 1.165) is 44.5 Å². The molecule has 2 aromatic rings. The molecule has 0 aliphatic carbocycles. The lowest BCUT2D eigenvalue weighted by molar-refractivity contribution is -0.0330. The molecule has 1 atom stereocenters. The van der Waals surface area contributed by atoms with Crippen molar-refractivity contribution in [2.75, 3.05) is 19.6 Å². The van der Waals surface area contributed by atoms with E-state index in [1.54, 1.807) is 12.1 Å². The molecule has 1 fully saturated rings. The quantitative estimate of drug-likeness (QED) is 0.709. The van der Waals surface area contributed by atoms with Crippen molar-refractivity contribution >= 4 is 5.78 Å². The summed E-state index contributed by atoms with van der Waals surface area (Å²) < 4.78 is 26.1. The van der Waals surface area contributed by atoms with Crippen molar-refractivity contribution < 1.29 is 18.7 Å². The highest BCUT2D eigenvalue weighted by atomic mass is 19.1. The fourth-order valence-corrected chi connectivity index (χ4v) is 3.99. The molecule has 0 amide bonds. The Kier molecular flexibility index (Phi) is 6.57. The molecular formula is C23H27F2NO2. The van der Waals surface area contributed by atoms with E-state index in [1.165, 1.54) is 36.4 Å². The summed E-state index contributed by atoms with van der Waals surface area (Å²) in [6.07, 6.45) is 2.92. The van der Waals surface area contributed by atoms with Crippen LogP contribution in [-0.2, 0) is 5.60 Å². The third-order valence-electron chi connectivity index (χ3n) is 5.86. The number of carbonyl (C=O) groups excluding carboxylic acids is 1.